The van der Waals surface area contributed by atoms with Crippen LogP contribution in [0.4, 0.5) is 0 Å². The van der Waals surface area contributed by atoms with Crippen LogP contribution in [0.2, 0.25) is 0 Å². The molecular weight excluding hydrogens is 264 g/mol. The fourth-order valence-corrected chi connectivity index (χ4v) is 1.90. The molecule has 0 aromatic rings. The monoisotopic (exact) mass is 270 g/mol. The Morgan fingerprint density at radius 1 is 1.64 bits per heavy atom. The smallest absolute Gasteiger partial charge is 0.261 e. The molecule has 5 heteroatoms. The summed E-state index contributed by atoms with van der Waals surface area (Å²) in [7, 11) is 1.63. The maximum atomic E-state index is 11.8. The molecule has 72 valence electrons. The number of carbonyl (C=O) groups is 1. The number of halogens is 1. The third-order valence-corrected chi connectivity index (χ3v) is 3.01. The van der Waals surface area contributed by atoms with Gasteiger partial charge in [0.2, 0.25) is 5.11 Å². The van der Waals surface area contributed by atoms with Crippen molar-refractivity contribution in [2.75, 3.05) is 7.05 Å². The zero-order valence-electron chi connectivity index (χ0n) is 7.40. The van der Waals surface area contributed by atoms with Crippen LogP contribution in [0.25, 0.3) is 0 Å². The lowest BCUT2D eigenvalue weighted by molar-refractivity contribution is -0.122. The summed E-state index contributed by atoms with van der Waals surface area (Å²) in [5.41, 5.74) is 1.28. The summed E-state index contributed by atoms with van der Waals surface area (Å²) >= 11 is 8.34. The standard InChI is InChI=1S/C9H7BrN2OS/c1-12-8(13)6-4-5(10)2-3-7(6)11-9(12)14/h2-5H,1H3. The van der Waals surface area contributed by atoms with Gasteiger partial charge in [-0.1, -0.05) is 28.1 Å². The largest absolute Gasteiger partial charge is 0.286 e. The molecule has 1 heterocycles. The minimum absolute atomic E-state index is 0.0891. The highest BCUT2D eigenvalue weighted by molar-refractivity contribution is 9.09. The highest BCUT2D eigenvalue weighted by Gasteiger charge is 2.28. The van der Waals surface area contributed by atoms with E-state index < -0.39 is 0 Å². The summed E-state index contributed by atoms with van der Waals surface area (Å²) < 4.78 is 0. The van der Waals surface area contributed by atoms with Gasteiger partial charge in [0.15, 0.2) is 0 Å². The normalized spacial score (nSPS) is 25.9. The van der Waals surface area contributed by atoms with Gasteiger partial charge < -0.3 is 0 Å². The van der Waals surface area contributed by atoms with E-state index in [4.69, 9.17) is 12.2 Å². The lowest BCUT2D eigenvalue weighted by Crippen LogP contribution is -2.39. The van der Waals surface area contributed by atoms with E-state index in [0.29, 0.717) is 16.4 Å². The van der Waals surface area contributed by atoms with Gasteiger partial charge in [0, 0.05) is 7.05 Å². The molecule has 3 nitrogen and oxygen atoms in total. The van der Waals surface area contributed by atoms with Gasteiger partial charge in [0.25, 0.3) is 5.91 Å². The second-order valence-electron chi connectivity index (χ2n) is 3.03. The molecule has 0 bridgehead atoms. The number of carbonyl (C=O) groups excluding carboxylic acids is 1. The average Bonchev–Trinajstić information content (AvgIpc) is 2.16. The third kappa shape index (κ3) is 1.46. The maximum absolute atomic E-state index is 11.8. The molecule has 14 heavy (non-hydrogen) atoms. The van der Waals surface area contributed by atoms with E-state index in [2.05, 4.69) is 20.9 Å². The van der Waals surface area contributed by atoms with Gasteiger partial charge in [0.1, 0.15) is 0 Å². The SMILES string of the molecule is CN1C(=O)C2=CC(Br)C=CC2=NC1=S. The molecule has 0 saturated carbocycles. The van der Waals surface area contributed by atoms with E-state index in [1.165, 1.54) is 4.90 Å². The second kappa shape index (κ2) is 3.40. The van der Waals surface area contributed by atoms with Gasteiger partial charge in [-0.2, -0.15) is 0 Å². The highest BCUT2D eigenvalue weighted by Crippen LogP contribution is 2.20. The molecule has 2 rings (SSSR count). The van der Waals surface area contributed by atoms with E-state index in [-0.39, 0.29) is 10.7 Å². The van der Waals surface area contributed by atoms with E-state index in [1.807, 2.05) is 18.2 Å². The zero-order chi connectivity index (χ0) is 10.3. The Morgan fingerprint density at radius 3 is 3.07 bits per heavy atom. The summed E-state index contributed by atoms with van der Waals surface area (Å²) in [6, 6.07) is 0. The lowest BCUT2D eigenvalue weighted by atomic mass is 10.0. The number of amides is 1. The highest BCUT2D eigenvalue weighted by atomic mass is 79.9. The third-order valence-electron chi connectivity index (χ3n) is 2.08. The number of fused-ring (bicyclic) bond motifs is 1. The number of aliphatic imine (C=N–C) groups is 1. The first-order chi connectivity index (χ1) is 6.59. The molecule has 2 aliphatic rings. The van der Waals surface area contributed by atoms with Crippen molar-refractivity contribution in [2.45, 2.75) is 4.83 Å². The van der Waals surface area contributed by atoms with E-state index >= 15 is 0 Å². The molecule has 0 aromatic carbocycles. The van der Waals surface area contributed by atoms with Crippen molar-refractivity contribution < 1.29 is 4.79 Å². The number of likely N-dealkylation sites (N-methyl/N-ethyl adjacent to an activating group) is 1. The van der Waals surface area contributed by atoms with Crippen molar-refractivity contribution in [3.63, 3.8) is 0 Å². The Morgan fingerprint density at radius 2 is 2.36 bits per heavy atom. The number of rotatable bonds is 0. The first-order valence-corrected chi connectivity index (χ1v) is 5.37. The minimum atomic E-state index is -0.0891. The van der Waals surface area contributed by atoms with Gasteiger partial charge in [-0.05, 0) is 18.3 Å². The predicted octanol–water partition coefficient (Wildman–Crippen LogP) is 1.44. The van der Waals surface area contributed by atoms with Gasteiger partial charge in [-0.25, -0.2) is 4.99 Å². The van der Waals surface area contributed by atoms with E-state index in [1.54, 1.807) is 7.05 Å². The number of allylic oxidation sites excluding steroid dienone is 3. The number of hydrogen-bond donors (Lipinski definition) is 0. The first-order valence-electron chi connectivity index (χ1n) is 4.05. The molecular formula is C9H7BrN2OS. The van der Waals surface area contributed by atoms with Gasteiger partial charge >= 0.3 is 0 Å². The van der Waals surface area contributed by atoms with Crippen molar-refractivity contribution in [1.82, 2.24) is 4.90 Å². The summed E-state index contributed by atoms with van der Waals surface area (Å²) in [6.07, 6.45) is 5.56. The van der Waals surface area contributed by atoms with Crippen LogP contribution in [-0.2, 0) is 4.79 Å². The van der Waals surface area contributed by atoms with Crippen molar-refractivity contribution in [1.29, 1.82) is 0 Å². The molecule has 0 saturated heterocycles. The van der Waals surface area contributed by atoms with Crippen LogP contribution < -0.4 is 0 Å². The zero-order valence-corrected chi connectivity index (χ0v) is 9.80. The van der Waals surface area contributed by atoms with E-state index in [9.17, 15) is 4.79 Å². The Balaban J connectivity index is 2.50. The Kier molecular flexibility index (Phi) is 2.36. The van der Waals surface area contributed by atoms with E-state index in [0.717, 1.165) is 0 Å². The topological polar surface area (TPSA) is 32.7 Å². The summed E-state index contributed by atoms with van der Waals surface area (Å²) in [5, 5.41) is 0.319. The summed E-state index contributed by atoms with van der Waals surface area (Å²) in [4.78, 5) is 17.4. The minimum Gasteiger partial charge on any atom is -0.286 e. The van der Waals surface area contributed by atoms with Crippen molar-refractivity contribution in [2.24, 2.45) is 4.99 Å². The number of alkyl halides is 1. The number of nitrogens with zero attached hydrogens (tertiary/aromatic N) is 2. The number of thiocarbonyl (C=S) groups is 1. The fourth-order valence-electron chi connectivity index (χ4n) is 1.30. The Bertz CT molecular complexity index is 411. The molecule has 1 atom stereocenters. The molecule has 1 unspecified atom stereocenters. The number of hydrogen-bond acceptors (Lipinski definition) is 2. The molecule has 0 spiro atoms. The van der Waals surface area contributed by atoms with Crippen LogP contribution in [-0.4, -0.2) is 33.5 Å². The molecule has 0 aromatic heterocycles. The van der Waals surface area contributed by atoms with Crippen LogP contribution in [0.15, 0.2) is 28.8 Å². The Labute approximate surface area is 95.3 Å². The second-order valence-corrected chi connectivity index (χ2v) is 4.45. The first kappa shape index (κ1) is 9.73. The van der Waals surface area contributed by atoms with Crippen LogP contribution in [0.3, 0.4) is 0 Å². The van der Waals surface area contributed by atoms with Gasteiger partial charge in [-0.3, -0.25) is 9.69 Å². The fraction of sp³-hybridized carbons (Fsp3) is 0.222. The molecule has 0 radical (unpaired) electrons. The van der Waals surface area contributed by atoms with Crippen LogP contribution in [0, 0.1) is 0 Å². The predicted molar refractivity (Wildman–Crippen MR) is 62.7 cm³/mol. The average molecular weight is 271 g/mol. The van der Waals surface area contributed by atoms with Crippen molar-refractivity contribution in [3.05, 3.63) is 23.8 Å². The molecule has 0 fully saturated rings. The molecule has 1 aliphatic heterocycles. The molecule has 0 N–H and O–H groups in total. The van der Waals surface area contributed by atoms with Crippen LogP contribution in [0.5, 0.6) is 0 Å². The van der Waals surface area contributed by atoms with Gasteiger partial charge in [0.05, 0.1) is 16.1 Å². The summed E-state index contributed by atoms with van der Waals surface area (Å²) in [6.45, 7) is 0. The quantitative estimate of drug-likeness (QED) is 0.493. The Hall–Kier alpha value is -0.810. The van der Waals surface area contributed by atoms with Crippen LogP contribution >= 0.6 is 28.1 Å². The molecule has 1 amide bonds. The maximum Gasteiger partial charge on any atom is 0.261 e. The van der Waals surface area contributed by atoms with Crippen LogP contribution in [0.1, 0.15) is 0 Å². The summed E-state index contributed by atoms with van der Waals surface area (Å²) in [5.74, 6) is -0.0891. The van der Waals surface area contributed by atoms with Gasteiger partial charge in [-0.15, -0.1) is 0 Å². The molecule has 1 aliphatic carbocycles. The van der Waals surface area contributed by atoms with Crippen molar-refractivity contribution in [3.8, 4) is 0 Å². The lowest BCUT2D eigenvalue weighted by Gasteiger charge is -2.24. The van der Waals surface area contributed by atoms with Crippen molar-refractivity contribution >= 4 is 44.9 Å².